The summed E-state index contributed by atoms with van der Waals surface area (Å²) in [6.07, 6.45) is 4.58. The van der Waals surface area contributed by atoms with Crippen LogP contribution in [0.15, 0.2) is 0 Å². The van der Waals surface area contributed by atoms with E-state index in [4.69, 9.17) is 4.74 Å². The third-order valence-electron chi connectivity index (χ3n) is 3.82. The zero-order valence-electron chi connectivity index (χ0n) is 13.8. The molecule has 0 spiro atoms. The second kappa shape index (κ2) is 7.59. The van der Waals surface area contributed by atoms with Crippen LogP contribution in [0.25, 0.3) is 0 Å². The highest BCUT2D eigenvalue weighted by Gasteiger charge is 2.25. The van der Waals surface area contributed by atoms with E-state index in [-0.39, 0.29) is 0 Å². The fraction of sp³-hybridized carbons (Fsp3) is 0.750. The maximum absolute atomic E-state index is 5.93. The Hall–Kier alpha value is -1.36. The zero-order chi connectivity index (χ0) is 15.2. The second-order valence-corrected chi connectivity index (χ2v) is 5.76. The lowest BCUT2D eigenvalue weighted by atomic mass is 10.2. The fourth-order valence-electron chi connectivity index (χ4n) is 2.34. The molecule has 1 aromatic heterocycles. The minimum atomic E-state index is 0.683. The van der Waals surface area contributed by atoms with Crippen LogP contribution in [-0.2, 0) is 6.42 Å². The van der Waals surface area contributed by atoms with Crippen LogP contribution < -0.4 is 10.1 Å². The monoisotopic (exact) mass is 292 g/mol. The summed E-state index contributed by atoms with van der Waals surface area (Å²) in [5.74, 6) is 2.50. The SMILES string of the molecule is CCCc1nc(NCC)c(C)c(OCCN(C)C2CC2)n1. The van der Waals surface area contributed by atoms with Crippen molar-refractivity contribution < 1.29 is 4.74 Å². The molecular weight excluding hydrogens is 264 g/mol. The molecule has 1 aromatic rings. The summed E-state index contributed by atoms with van der Waals surface area (Å²) in [7, 11) is 2.17. The Balaban J connectivity index is 2.01. The van der Waals surface area contributed by atoms with Crippen LogP contribution >= 0.6 is 0 Å². The van der Waals surface area contributed by atoms with Crippen LogP contribution in [0.5, 0.6) is 5.88 Å². The van der Waals surface area contributed by atoms with Crippen molar-refractivity contribution in [2.24, 2.45) is 0 Å². The van der Waals surface area contributed by atoms with Crippen molar-refractivity contribution in [1.29, 1.82) is 0 Å². The van der Waals surface area contributed by atoms with Gasteiger partial charge in [0.1, 0.15) is 18.2 Å². The van der Waals surface area contributed by atoms with E-state index in [9.17, 15) is 0 Å². The van der Waals surface area contributed by atoms with Gasteiger partial charge in [-0.15, -0.1) is 0 Å². The van der Waals surface area contributed by atoms with Gasteiger partial charge in [-0.05, 0) is 40.2 Å². The van der Waals surface area contributed by atoms with Gasteiger partial charge >= 0.3 is 0 Å². The smallest absolute Gasteiger partial charge is 0.221 e. The number of rotatable bonds is 9. The third-order valence-corrected chi connectivity index (χ3v) is 3.82. The van der Waals surface area contributed by atoms with Gasteiger partial charge in [0, 0.05) is 25.6 Å². The number of likely N-dealkylation sites (N-methyl/N-ethyl adjacent to an activating group) is 1. The Kier molecular flexibility index (Phi) is 5.79. The number of hydrogen-bond acceptors (Lipinski definition) is 5. The van der Waals surface area contributed by atoms with Crippen LogP contribution in [0.3, 0.4) is 0 Å². The number of nitrogens with one attached hydrogen (secondary N) is 1. The fourth-order valence-corrected chi connectivity index (χ4v) is 2.34. The van der Waals surface area contributed by atoms with Crippen molar-refractivity contribution in [2.45, 2.75) is 52.5 Å². The standard InChI is InChI=1S/C16H28N4O/c1-5-7-14-18-15(17-6-2)12(3)16(19-14)21-11-10-20(4)13-8-9-13/h13H,5-11H2,1-4H3,(H,17,18,19). The van der Waals surface area contributed by atoms with Gasteiger partial charge in [0.15, 0.2) is 0 Å². The summed E-state index contributed by atoms with van der Waals surface area (Å²) >= 11 is 0. The average molecular weight is 292 g/mol. The maximum Gasteiger partial charge on any atom is 0.221 e. The number of nitrogens with zero attached hydrogens (tertiary/aromatic N) is 3. The van der Waals surface area contributed by atoms with E-state index in [1.165, 1.54) is 12.8 Å². The van der Waals surface area contributed by atoms with E-state index in [1.54, 1.807) is 0 Å². The molecule has 1 saturated carbocycles. The Labute approximate surface area is 128 Å². The molecule has 1 heterocycles. The van der Waals surface area contributed by atoms with Gasteiger partial charge in [0.2, 0.25) is 5.88 Å². The molecule has 1 N–H and O–H groups in total. The first kappa shape index (κ1) is 16.0. The van der Waals surface area contributed by atoms with Crippen LogP contribution in [0.2, 0.25) is 0 Å². The summed E-state index contributed by atoms with van der Waals surface area (Å²) in [6.45, 7) is 8.73. The summed E-state index contributed by atoms with van der Waals surface area (Å²) in [5.41, 5.74) is 1.01. The largest absolute Gasteiger partial charge is 0.476 e. The number of aromatic nitrogens is 2. The van der Waals surface area contributed by atoms with Crippen molar-refractivity contribution in [1.82, 2.24) is 14.9 Å². The van der Waals surface area contributed by atoms with Gasteiger partial charge < -0.3 is 15.0 Å². The number of ether oxygens (including phenoxy) is 1. The first-order valence-corrected chi connectivity index (χ1v) is 8.10. The molecule has 2 rings (SSSR count). The molecule has 0 amide bonds. The van der Waals surface area contributed by atoms with Crippen molar-refractivity contribution in [3.8, 4) is 5.88 Å². The molecule has 1 fully saturated rings. The Morgan fingerprint density at radius 3 is 2.67 bits per heavy atom. The van der Waals surface area contributed by atoms with Gasteiger partial charge in [0.05, 0.1) is 5.56 Å². The number of anilines is 1. The van der Waals surface area contributed by atoms with Gasteiger partial charge in [-0.25, -0.2) is 4.98 Å². The van der Waals surface area contributed by atoms with Crippen molar-refractivity contribution in [3.63, 3.8) is 0 Å². The van der Waals surface area contributed by atoms with E-state index in [1.807, 2.05) is 6.92 Å². The van der Waals surface area contributed by atoms with Gasteiger partial charge in [-0.2, -0.15) is 4.98 Å². The Morgan fingerprint density at radius 1 is 1.29 bits per heavy atom. The average Bonchev–Trinajstić information content (AvgIpc) is 3.28. The molecule has 0 bridgehead atoms. The predicted molar refractivity (Wildman–Crippen MR) is 86.1 cm³/mol. The topological polar surface area (TPSA) is 50.3 Å². The molecular formula is C16H28N4O. The van der Waals surface area contributed by atoms with Gasteiger partial charge in [-0.3, -0.25) is 0 Å². The Bertz CT molecular complexity index is 460. The molecule has 1 aliphatic carbocycles. The van der Waals surface area contributed by atoms with E-state index in [0.717, 1.165) is 55.1 Å². The van der Waals surface area contributed by atoms with E-state index in [2.05, 4.69) is 41.1 Å². The van der Waals surface area contributed by atoms with Crippen LogP contribution in [0.1, 0.15) is 44.5 Å². The highest BCUT2D eigenvalue weighted by Crippen LogP contribution is 2.25. The molecule has 0 atom stereocenters. The Morgan fingerprint density at radius 2 is 2.05 bits per heavy atom. The van der Waals surface area contributed by atoms with Crippen molar-refractivity contribution in [3.05, 3.63) is 11.4 Å². The van der Waals surface area contributed by atoms with E-state index in [0.29, 0.717) is 6.61 Å². The zero-order valence-corrected chi connectivity index (χ0v) is 13.8. The normalized spacial score (nSPS) is 14.5. The lowest BCUT2D eigenvalue weighted by molar-refractivity contribution is 0.225. The lowest BCUT2D eigenvalue weighted by Gasteiger charge is -2.17. The van der Waals surface area contributed by atoms with Crippen LogP contribution in [-0.4, -0.2) is 47.7 Å². The maximum atomic E-state index is 5.93. The molecule has 0 saturated heterocycles. The summed E-state index contributed by atoms with van der Waals surface area (Å²) in [6, 6.07) is 0.771. The van der Waals surface area contributed by atoms with Crippen LogP contribution in [0.4, 0.5) is 5.82 Å². The molecule has 0 radical (unpaired) electrons. The quantitative estimate of drug-likeness (QED) is 0.758. The summed E-state index contributed by atoms with van der Waals surface area (Å²) in [5, 5.41) is 3.30. The second-order valence-electron chi connectivity index (χ2n) is 5.76. The number of aryl methyl sites for hydroxylation is 1. The molecule has 5 heteroatoms. The molecule has 0 aliphatic heterocycles. The summed E-state index contributed by atoms with van der Waals surface area (Å²) in [4.78, 5) is 11.5. The van der Waals surface area contributed by atoms with Crippen molar-refractivity contribution in [2.75, 3.05) is 32.1 Å². The first-order chi connectivity index (χ1) is 10.2. The highest BCUT2D eigenvalue weighted by atomic mass is 16.5. The van der Waals surface area contributed by atoms with Gasteiger partial charge in [0.25, 0.3) is 0 Å². The minimum Gasteiger partial charge on any atom is -0.476 e. The van der Waals surface area contributed by atoms with E-state index >= 15 is 0 Å². The summed E-state index contributed by atoms with van der Waals surface area (Å²) < 4.78 is 5.93. The molecule has 21 heavy (non-hydrogen) atoms. The van der Waals surface area contributed by atoms with E-state index < -0.39 is 0 Å². The molecule has 0 unspecified atom stereocenters. The first-order valence-electron chi connectivity index (χ1n) is 8.10. The predicted octanol–water partition coefficient (Wildman–Crippen LogP) is 2.64. The minimum absolute atomic E-state index is 0.683. The third kappa shape index (κ3) is 4.56. The molecule has 0 aromatic carbocycles. The molecule has 5 nitrogen and oxygen atoms in total. The number of hydrogen-bond donors (Lipinski definition) is 1. The molecule has 1 aliphatic rings. The molecule has 118 valence electrons. The van der Waals surface area contributed by atoms with Gasteiger partial charge in [-0.1, -0.05) is 6.92 Å². The van der Waals surface area contributed by atoms with Crippen LogP contribution in [0, 0.1) is 6.92 Å². The lowest BCUT2D eigenvalue weighted by Crippen LogP contribution is -2.26. The highest BCUT2D eigenvalue weighted by molar-refractivity contribution is 5.48. The van der Waals surface area contributed by atoms with Crippen molar-refractivity contribution >= 4 is 5.82 Å².